The predicted octanol–water partition coefficient (Wildman–Crippen LogP) is 2.14. The summed E-state index contributed by atoms with van der Waals surface area (Å²) in [6.07, 6.45) is 0.384. The first-order chi connectivity index (χ1) is 7.09. The third-order valence-corrected chi connectivity index (χ3v) is 2.88. The summed E-state index contributed by atoms with van der Waals surface area (Å²) in [6.45, 7) is 1.89. The maximum atomic E-state index is 11.7. The minimum Gasteiger partial charge on any atom is -0.481 e. The molecule has 0 radical (unpaired) electrons. The van der Waals surface area contributed by atoms with Crippen molar-refractivity contribution in [3.63, 3.8) is 0 Å². The molecule has 0 spiro atoms. The summed E-state index contributed by atoms with van der Waals surface area (Å²) in [7, 11) is 0. The minimum absolute atomic E-state index is 0.0438. The van der Waals surface area contributed by atoms with Crippen molar-refractivity contribution in [2.24, 2.45) is 0 Å². The molecule has 0 amide bonds. The fourth-order valence-electron chi connectivity index (χ4n) is 2.24. The minimum atomic E-state index is -0.845. The van der Waals surface area contributed by atoms with E-state index in [0.717, 1.165) is 16.7 Å². The molecule has 0 aliphatic heterocycles. The highest BCUT2D eigenvalue weighted by atomic mass is 16.4. The van der Waals surface area contributed by atoms with Gasteiger partial charge in [0.25, 0.3) is 0 Å². The van der Waals surface area contributed by atoms with E-state index in [1.165, 1.54) is 0 Å². The van der Waals surface area contributed by atoms with Crippen LogP contribution in [0.5, 0.6) is 0 Å². The molecule has 3 heteroatoms. The molecule has 1 atom stereocenters. The van der Waals surface area contributed by atoms with Crippen molar-refractivity contribution in [3.05, 3.63) is 34.9 Å². The van der Waals surface area contributed by atoms with E-state index in [9.17, 15) is 9.59 Å². The number of carbonyl (C=O) groups excluding carboxylic acids is 1. The van der Waals surface area contributed by atoms with Crippen LogP contribution in [0.3, 0.4) is 0 Å². The third kappa shape index (κ3) is 1.65. The van der Waals surface area contributed by atoms with Gasteiger partial charge in [-0.05, 0) is 18.1 Å². The molecule has 0 saturated carbocycles. The van der Waals surface area contributed by atoms with Gasteiger partial charge in [0.1, 0.15) is 0 Å². The Kier molecular flexibility index (Phi) is 2.31. The standard InChI is InChI=1S/C12H12O3/c1-7-3-2-4-9-8(6-11(14)15)5-10(13)12(7)9/h2-4,8H,5-6H2,1H3,(H,14,15). The maximum Gasteiger partial charge on any atom is 0.303 e. The monoisotopic (exact) mass is 204 g/mol. The second kappa shape index (κ2) is 3.50. The van der Waals surface area contributed by atoms with E-state index in [4.69, 9.17) is 5.11 Å². The molecule has 0 saturated heterocycles. The second-order valence-corrected chi connectivity index (χ2v) is 3.96. The van der Waals surface area contributed by atoms with E-state index in [1.54, 1.807) is 0 Å². The average molecular weight is 204 g/mol. The quantitative estimate of drug-likeness (QED) is 0.802. The summed E-state index contributed by atoms with van der Waals surface area (Å²) in [5.41, 5.74) is 2.59. The van der Waals surface area contributed by atoms with Gasteiger partial charge in [-0.3, -0.25) is 9.59 Å². The van der Waals surface area contributed by atoms with E-state index in [-0.39, 0.29) is 18.1 Å². The fourth-order valence-corrected chi connectivity index (χ4v) is 2.24. The third-order valence-electron chi connectivity index (χ3n) is 2.88. The molecule has 1 N–H and O–H groups in total. The van der Waals surface area contributed by atoms with Crippen LogP contribution in [0, 0.1) is 6.92 Å². The lowest BCUT2D eigenvalue weighted by Gasteiger charge is -2.07. The molecule has 78 valence electrons. The molecule has 1 aromatic carbocycles. The summed E-state index contributed by atoms with van der Waals surface area (Å²) in [4.78, 5) is 22.3. The van der Waals surface area contributed by atoms with Crippen molar-refractivity contribution in [1.29, 1.82) is 0 Å². The van der Waals surface area contributed by atoms with Gasteiger partial charge in [-0.2, -0.15) is 0 Å². The Bertz CT molecular complexity index is 434. The number of aliphatic carboxylic acids is 1. The van der Waals surface area contributed by atoms with Crippen LogP contribution in [-0.2, 0) is 4.79 Å². The average Bonchev–Trinajstić information content (AvgIpc) is 2.44. The van der Waals surface area contributed by atoms with Crippen LogP contribution in [0.1, 0.15) is 40.2 Å². The molecule has 0 fully saturated rings. The Hall–Kier alpha value is -1.64. The first kappa shape index (κ1) is 9.90. The van der Waals surface area contributed by atoms with Gasteiger partial charge in [-0.1, -0.05) is 18.2 Å². The lowest BCUT2D eigenvalue weighted by atomic mass is 9.96. The van der Waals surface area contributed by atoms with Crippen LogP contribution < -0.4 is 0 Å². The lowest BCUT2D eigenvalue weighted by molar-refractivity contribution is -0.137. The molecule has 0 aromatic heterocycles. The van der Waals surface area contributed by atoms with Crippen LogP contribution in [-0.4, -0.2) is 16.9 Å². The van der Waals surface area contributed by atoms with Gasteiger partial charge in [0.15, 0.2) is 5.78 Å². The van der Waals surface area contributed by atoms with Crippen LogP contribution in [0.2, 0.25) is 0 Å². The molecular weight excluding hydrogens is 192 g/mol. The Morgan fingerprint density at radius 1 is 1.53 bits per heavy atom. The zero-order valence-corrected chi connectivity index (χ0v) is 8.49. The Morgan fingerprint density at radius 2 is 2.27 bits per heavy atom. The van der Waals surface area contributed by atoms with Crippen LogP contribution >= 0.6 is 0 Å². The summed E-state index contributed by atoms with van der Waals surface area (Å²) >= 11 is 0. The topological polar surface area (TPSA) is 54.4 Å². The van der Waals surface area contributed by atoms with Crippen LogP contribution in [0.4, 0.5) is 0 Å². The summed E-state index contributed by atoms with van der Waals surface area (Å²) in [5.74, 6) is -0.901. The fraction of sp³-hybridized carbons (Fsp3) is 0.333. The Morgan fingerprint density at radius 3 is 2.93 bits per heavy atom. The van der Waals surface area contributed by atoms with Gasteiger partial charge in [-0.25, -0.2) is 0 Å². The van der Waals surface area contributed by atoms with Gasteiger partial charge < -0.3 is 5.11 Å². The van der Waals surface area contributed by atoms with E-state index in [0.29, 0.717) is 6.42 Å². The summed E-state index contributed by atoms with van der Waals surface area (Å²) in [5, 5.41) is 8.74. The Labute approximate surface area is 87.7 Å². The largest absolute Gasteiger partial charge is 0.481 e. The molecule has 1 aromatic rings. The summed E-state index contributed by atoms with van der Waals surface area (Å²) < 4.78 is 0. The van der Waals surface area contributed by atoms with E-state index < -0.39 is 5.97 Å². The van der Waals surface area contributed by atoms with Crippen molar-refractivity contribution < 1.29 is 14.7 Å². The number of carboxylic acids is 1. The predicted molar refractivity (Wildman–Crippen MR) is 55.1 cm³/mol. The van der Waals surface area contributed by atoms with Crippen molar-refractivity contribution in [1.82, 2.24) is 0 Å². The van der Waals surface area contributed by atoms with Crippen LogP contribution in [0.15, 0.2) is 18.2 Å². The molecule has 0 bridgehead atoms. The SMILES string of the molecule is Cc1cccc2c1C(=O)CC2CC(=O)O. The highest BCUT2D eigenvalue weighted by Crippen LogP contribution is 2.36. The number of fused-ring (bicyclic) bond motifs is 1. The van der Waals surface area contributed by atoms with Gasteiger partial charge in [0, 0.05) is 17.9 Å². The first-order valence-corrected chi connectivity index (χ1v) is 4.94. The molecule has 1 unspecified atom stereocenters. The van der Waals surface area contributed by atoms with Gasteiger partial charge in [0.2, 0.25) is 0 Å². The number of carbonyl (C=O) groups is 2. The number of aryl methyl sites for hydroxylation is 1. The molecule has 1 aliphatic carbocycles. The summed E-state index contributed by atoms with van der Waals surface area (Å²) in [6, 6.07) is 5.63. The first-order valence-electron chi connectivity index (χ1n) is 4.94. The highest BCUT2D eigenvalue weighted by molar-refractivity contribution is 6.03. The second-order valence-electron chi connectivity index (χ2n) is 3.96. The zero-order valence-electron chi connectivity index (χ0n) is 8.49. The molecule has 0 heterocycles. The van der Waals surface area contributed by atoms with Crippen molar-refractivity contribution in [2.75, 3.05) is 0 Å². The van der Waals surface area contributed by atoms with Crippen LogP contribution in [0.25, 0.3) is 0 Å². The number of Topliss-reactive ketones (excluding diaryl/α,β-unsaturated/α-hetero) is 1. The zero-order chi connectivity index (χ0) is 11.0. The van der Waals surface area contributed by atoms with Gasteiger partial charge in [-0.15, -0.1) is 0 Å². The van der Waals surface area contributed by atoms with Gasteiger partial charge in [0.05, 0.1) is 6.42 Å². The number of rotatable bonds is 2. The molecule has 15 heavy (non-hydrogen) atoms. The van der Waals surface area contributed by atoms with E-state index in [1.807, 2.05) is 25.1 Å². The van der Waals surface area contributed by atoms with Gasteiger partial charge >= 0.3 is 5.97 Å². The normalized spacial score (nSPS) is 19.0. The smallest absolute Gasteiger partial charge is 0.303 e. The molecular formula is C12H12O3. The number of benzene rings is 1. The Balaban J connectivity index is 2.42. The molecule has 3 nitrogen and oxygen atoms in total. The molecule has 1 aliphatic rings. The lowest BCUT2D eigenvalue weighted by Crippen LogP contribution is -2.03. The maximum absolute atomic E-state index is 11.7. The number of hydrogen-bond acceptors (Lipinski definition) is 2. The number of ketones is 1. The van der Waals surface area contributed by atoms with E-state index in [2.05, 4.69) is 0 Å². The van der Waals surface area contributed by atoms with E-state index >= 15 is 0 Å². The van der Waals surface area contributed by atoms with Crippen molar-refractivity contribution in [3.8, 4) is 0 Å². The highest BCUT2D eigenvalue weighted by Gasteiger charge is 2.31. The number of carboxylic acid groups (broad SMARTS) is 1. The van der Waals surface area contributed by atoms with Crippen molar-refractivity contribution in [2.45, 2.75) is 25.7 Å². The number of hydrogen-bond donors (Lipinski definition) is 1. The van der Waals surface area contributed by atoms with Crippen molar-refractivity contribution >= 4 is 11.8 Å². The molecule has 2 rings (SSSR count).